The van der Waals surface area contributed by atoms with Crippen LogP contribution in [-0.2, 0) is 0 Å². The van der Waals surface area contributed by atoms with Crippen molar-refractivity contribution in [2.45, 2.75) is 25.3 Å². The molecule has 3 nitrogen and oxygen atoms in total. The maximum absolute atomic E-state index is 5.72. The molecule has 1 aromatic carbocycles. The number of fused-ring (bicyclic) bond motifs is 1. The highest BCUT2D eigenvalue weighted by atomic mass is 79.9. The molecule has 2 aliphatic heterocycles. The van der Waals surface area contributed by atoms with Gasteiger partial charge in [0.1, 0.15) is 5.75 Å². The Morgan fingerprint density at radius 2 is 2.16 bits per heavy atom. The van der Waals surface area contributed by atoms with E-state index in [2.05, 4.69) is 38.3 Å². The zero-order valence-corrected chi connectivity index (χ0v) is 12.8. The number of hydrogen-bond acceptors (Lipinski definition) is 3. The van der Waals surface area contributed by atoms with Gasteiger partial charge >= 0.3 is 0 Å². The predicted octanol–water partition coefficient (Wildman–Crippen LogP) is 2.96. The van der Waals surface area contributed by atoms with E-state index in [0.717, 1.165) is 29.8 Å². The van der Waals surface area contributed by atoms with Gasteiger partial charge in [-0.15, -0.1) is 0 Å². The van der Waals surface area contributed by atoms with Crippen molar-refractivity contribution < 1.29 is 4.74 Å². The molecule has 0 amide bonds. The normalized spacial score (nSPS) is 23.1. The van der Waals surface area contributed by atoms with Crippen molar-refractivity contribution in [3.63, 3.8) is 0 Å². The summed E-state index contributed by atoms with van der Waals surface area (Å²) in [6.45, 7) is 5.60. The lowest BCUT2D eigenvalue weighted by Crippen LogP contribution is -2.34. The maximum Gasteiger partial charge on any atom is 0.124 e. The highest BCUT2D eigenvalue weighted by Crippen LogP contribution is 2.33. The minimum atomic E-state index is 0.434. The summed E-state index contributed by atoms with van der Waals surface area (Å²) in [6.07, 6.45) is 3.80. The molecule has 19 heavy (non-hydrogen) atoms. The molecule has 1 fully saturated rings. The van der Waals surface area contributed by atoms with Gasteiger partial charge in [0.15, 0.2) is 0 Å². The number of benzene rings is 1. The summed E-state index contributed by atoms with van der Waals surface area (Å²) in [6, 6.07) is 6.73. The Morgan fingerprint density at radius 1 is 1.32 bits per heavy atom. The smallest absolute Gasteiger partial charge is 0.124 e. The van der Waals surface area contributed by atoms with Crippen LogP contribution in [0.25, 0.3) is 0 Å². The van der Waals surface area contributed by atoms with Gasteiger partial charge in [-0.25, -0.2) is 0 Å². The Hall–Kier alpha value is -0.580. The van der Waals surface area contributed by atoms with Crippen molar-refractivity contribution in [3.05, 3.63) is 28.2 Å². The number of halogens is 1. The number of nitrogens with one attached hydrogen (secondary N) is 1. The topological polar surface area (TPSA) is 24.5 Å². The van der Waals surface area contributed by atoms with E-state index in [9.17, 15) is 0 Å². The SMILES string of the molecule is Brc1ccc2c(c1)C(NCCN1CCCC1)CCO2. The lowest BCUT2D eigenvalue weighted by Gasteiger charge is -2.27. The summed E-state index contributed by atoms with van der Waals surface area (Å²) >= 11 is 3.55. The molecule has 0 aliphatic carbocycles. The summed E-state index contributed by atoms with van der Waals surface area (Å²) in [4.78, 5) is 2.55. The van der Waals surface area contributed by atoms with Gasteiger partial charge in [-0.05, 0) is 44.1 Å². The fraction of sp³-hybridized carbons (Fsp3) is 0.600. The third-order valence-electron chi connectivity index (χ3n) is 4.03. The molecule has 0 aromatic heterocycles. The van der Waals surface area contributed by atoms with E-state index in [0.29, 0.717) is 6.04 Å². The van der Waals surface area contributed by atoms with Crippen LogP contribution in [0, 0.1) is 0 Å². The van der Waals surface area contributed by atoms with Crippen LogP contribution in [0.2, 0.25) is 0 Å². The summed E-state index contributed by atoms with van der Waals surface area (Å²) < 4.78 is 6.85. The first-order valence-electron chi connectivity index (χ1n) is 7.21. The third kappa shape index (κ3) is 3.30. The second-order valence-electron chi connectivity index (χ2n) is 5.37. The summed E-state index contributed by atoms with van der Waals surface area (Å²) in [7, 11) is 0. The van der Waals surface area contributed by atoms with Crippen LogP contribution in [0.5, 0.6) is 5.75 Å². The van der Waals surface area contributed by atoms with Crippen molar-refractivity contribution in [2.24, 2.45) is 0 Å². The fourth-order valence-corrected chi connectivity index (χ4v) is 3.36. The van der Waals surface area contributed by atoms with Crippen LogP contribution in [0.4, 0.5) is 0 Å². The molecular formula is C15H21BrN2O. The highest BCUT2D eigenvalue weighted by molar-refractivity contribution is 9.10. The third-order valence-corrected chi connectivity index (χ3v) is 4.52. The van der Waals surface area contributed by atoms with Crippen LogP contribution in [0.3, 0.4) is 0 Å². The Kier molecular flexibility index (Phi) is 4.41. The van der Waals surface area contributed by atoms with Gasteiger partial charge in [0, 0.05) is 35.6 Å². The van der Waals surface area contributed by atoms with Crippen LogP contribution >= 0.6 is 15.9 Å². The number of ether oxygens (including phenoxy) is 1. The molecule has 0 radical (unpaired) electrons. The highest BCUT2D eigenvalue weighted by Gasteiger charge is 2.21. The zero-order valence-electron chi connectivity index (χ0n) is 11.2. The van der Waals surface area contributed by atoms with Crippen LogP contribution in [0.15, 0.2) is 22.7 Å². The first-order chi connectivity index (χ1) is 9.33. The van der Waals surface area contributed by atoms with Crippen LogP contribution in [-0.4, -0.2) is 37.7 Å². The van der Waals surface area contributed by atoms with Gasteiger partial charge in [0.2, 0.25) is 0 Å². The Balaban J connectivity index is 1.58. The molecule has 4 heteroatoms. The summed E-state index contributed by atoms with van der Waals surface area (Å²) in [5, 5.41) is 3.69. The number of nitrogens with zero attached hydrogens (tertiary/aromatic N) is 1. The average molecular weight is 325 g/mol. The zero-order chi connectivity index (χ0) is 13.1. The van der Waals surface area contributed by atoms with Crippen LogP contribution in [0.1, 0.15) is 30.9 Å². The molecule has 3 rings (SSSR count). The largest absolute Gasteiger partial charge is 0.493 e. The molecule has 0 bridgehead atoms. The van der Waals surface area contributed by atoms with E-state index < -0.39 is 0 Å². The molecule has 0 spiro atoms. The van der Waals surface area contributed by atoms with Crippen molar-refractivity contribution in [1.82, 2.24) is 10.2 Å². The van der Waals surface area contributed by atoms with Crippen molar-refractivity contribution in [2.75, 3.05) is 32.8 Å². The number of likely N-dealkylation sites (tertiary alicyclic amines) is 1. The van der Waals surface area contributed by atoms with Gasteiger partial charge in [-0.3, -0.25) is 0 Å². The molecule has 1 saturated heterocycles. The number of hydrogen-bond donors (Lipinski definition) is 1. The second-order valence-corrected chi connectivity index (χ2v) is 6.29. The van der Waals surface area contributed by atoms with Gasteiger partial charge in [-0.1, -0.05) is 15.9 Å². The standard InChI is InChI=1S/C15H21BrN2O/c16-12-3-4-15-13(11-12)14(5-10-19-15)17-6-9-18-7-1-2-8-18/h3-4,11,14,17H,1-2,5-10H2. The van der Waals surface area contributed by atoms with Crippen molar-refractivity contribution >= 4 is 15.9 Å². The van der Waals surface area contributed by atoms with Crippen molar-refractivity contribution in [1.29, 1.82) is 0 Å². The number of rotatable bonds is 4. The van der Waals surface area contributed by atoms with Crippen LogP contribution < -0.4 is 10.1 Å². The first-order valence-corrected chi connectivity index (χ1v) is 8.00. The molecule has 104 valence electrons. The lowest BCUT2D eigenvalue weighted by atomic mass is 10.0. The molecule has 2 aliphatic rings. The van der Waals surface area contributed by atoms with Gasteiger partial charge in [-0.2, -0.15) is 0 Å². The van der Waals surface area contributed by atoms with Gasteiger partial charge in [0.05, 0.1) is 6.61 Å². The Labute approximate surface area is 123 Å². The second kappa shape index (κ2) is 6.25. The van der Waals surface area contributed by atoms with E-state index in [-0.39, 0.29) is 0 Å². The van der Waals surface area contributed by atoms with E-state index >= 15 is 0 Å². The van der Waals surface area contributed by atoms with E-state index in [1.54, 1.807) is 0 Å². The predicted molar refractivity (Wildman–Crippen MR) is 80.7 cm³/mol. The molecule has 0 saturated carbocycles. The minimum absolute atomic E-state index is 0.434. The molecule has 1 atom stereocenters. The van der Waals surface area contributed by atoms with E-state index in [4.69, 9.17) is 4.74 Å². The molecular weight excluding hydrogens is 304 g/mol. The quantitative estimate of drug-likeness (QED) is 0.921. The summed E-state index contributed by atoms with van der Waals surface area (Å²) in [5.41, 5.74) is 1.29. The van der Waals surface area contributed by atoms with Gasteiger partial charge in [0.25, 0.3) is 0 Å². The summed E-state index contributed by atoms with van der Waals surface area (Å²) in [5.74, 6) is 1.04. The fourth-order valence-electron chi connectivity index (χ4n) is 2.98. The molecule has 1 N–H and O–H groups in total. The average Bonchev–Trinajstić information content (AvgIpc) is 2.92. The van der Waals surface area contributed by atoms with Crippen molar-refractivity contribution in [3.8, 4) is 5.75 Å². The Morgan fingerprint density at radius 3 is 3.00 bits per heavy atom. The lowest BCUT2D eigenvalue weighted by molar-refractivity contribution is 0.246. The van der Waals surface area contributed by atoms with Gasteiger partial charge < -0.3 is 15.0 Å². The van der Waals surface area contributed by atoms with E-state index in [1.807, 2.05) is 6.07 Å². The first kappa shape index (κ1) is 13.4. The monoisotopic (exact) mass is 324 g/mol. The molecule has 1 aromatic rings. The van der Waals surface area contributed by atoms with E-state index in [1.165, 1.54) is 38.0 Å². The Bertz CT molecular complexity index is 432. The molecule has 2 heterocycles. The minimum Gasteiger partial charge on any atom is -0.493 e. The molecule has 1 unspecified atom stereocenters. The maximum atomic E-state index is 5.72.